The van der Waals surface area contributed by atoms with E-state index < -0.39 is 5.41 Å². The van der Waals surface area contributed by atoms with Crippen molar-refractivity contribution in [3.05, 3.63) is 75.6 Å². The van der Waals surface area contributed by atoms with Gasteiger partial charge in [0.2, 0.25) is 0 Å². The number of benzene rings is 2. The number of aryl methyl sites for hydroxylation is 2. The van der Waals surface area contributed by atoms with Crippen molar-refractivity contribution in [2.45, 2.75) is 44.1 Å². The van der Waals surface area contributed by atoms with Gasteiger partial charge in [-0.05, 0) is 72.2 Å². The third-order valence-electron chi connectivity index (χ3n) is 6.59. The number of nitrogens with zero attached hydrogens (tertiary/aromatic N) is 3. The van der Waals surface area contributed by atoms with Gasteiger partial charge in [0.25, 0.3) is 11.8 Å². The molecular formula is C24H29N7O2. The normalized spacial score (nSPS) is 15.0. The molecular weight excluding hydrogens is 418 g/mol. The van der Waals surface area contributed by atoms with Crippen molar-refractivity contribution in [1.82, 2.24) is 31.3 Å². The third-order valence-corrected chi connectivity index (χ3v) is 6.59. The number of rotatable bonds is 6. The molecule has 9 nitrogen and oxygen atoms in total. The fraction of sp³-hybridized carbons (Fsp3) is 0.375. The second-order valence-electron chi connectivity index (χ2n) is 8.42. The predicted octanol–water partition coefficient (Wildman–Crippen LogP) is 1.48. The van der Waals surface area contributed by atoms with Gasteiger partial charge in [-0.15, -0.1) is 10.2 Å². The van der Waals surface area contributed by atoms with E-state index in [1.165, 1.54) is 0 Å². The molecule has 2 amide bonds. The van der Waals surface area contributed by atoms with Crippen molar-refractivity contribution in [3.8, 4) is 0 Å². The lowest BCUT2D eigenvalue weighted by Gasteiger charge is -2.36. The molecule has 0 spiro atoms. The molecule has 0 saturated heterocycles. The number of tetrazole rings is 1. The van der Waals surface area contributed by atoms with Gasteiger partial charge in [0.1, 0.15) is 0 Å². The number of carbonyl (C=O) groups is 2. The Balaban J connectivity index is 2.03. The van der Waals surface area contributed by atoms with Crippen LogP contribution in [0, 0.1) is 0 Å². The highest BCUT2D eigenvalue weighted by atomic mass is 16.2. The Bertz CT molecular complexity index is 1110. The first-order valence-electron chi connectivity index (χ1n) is 11.1. The van der Waals surface area contributed by atoms with E-state index >= 15 is 0 Å². The fourth-order valence-corrected chi connectivity index (χ4v) is 4.85. The second-order valence-corrected chi connectivity index (χ2v) is 8.42. The van der Waals surface area contributed by atoms with Crippen LogP contribution in [-0.2, 0) is 18.3 Å². The predicted molar refractivity (Wildman–Crippen MR) is 124 cm³/mol. The molecule has 9 heteroatoms. The number of aromatic amines is 1. The molecule has 2 aromatic carbocycles. The average molecular weight is 448 g/mol. The van der Waals surface area contributed by atoms with Gasteiger partial charge in [-0.3, -0.25) is 9.59 Å². The van der Waals surface area contributed by atoms with Crippen LogP contribution >= 0.6 is 0 Å². The molecule has 33 heavy (non-hydrogen) atoms. The standard InChI is InChI=1S/C24H29N7O2/c1-4-18(25)13-24(23-28-30-31-29-23)19-9-7-16(21(32)26-2)11-14(19)5-6-15-12-17(22(33)27-3)8-10-20(15)24/h7-12,18H,4-6,13,25H2,1-3H3,(H,26,32)(H,27,33)(H,28,29,30,31)/t18-/m1/s1. The number of nitrogens with one attached hydrogen (secondary N) is 3. The molecule has 1 aliphatic rings. The van der Waals surface area contributed by atoms with Crippen molar-refractivity contribution < 1.29 is 9.59 Å². The van der Waals surface area contributed by atoms with Gasteiger partial charge in [-0.2, -0.15) is 5.21 Å². The first-order chi connectivity index (χ1) is 15.9. The number of nitrogens with two attached hydrogens (primary N) is 1. The summed E-state index contributed by atoms with van der Waals surface area (Å²) >= 11 is 0. The van der Waals surface area contributed by atoms with Crippen LogP contribution in [0.5, 0.6) is 0 Å². The topological polar surface area (TPSA) is 139 Å². The number of amides is 2. The summed E-state index contributed by atoms with van der Waals surface area (Å²) in [5.41, 5.74) is 11.0. The van der Waals surface area contributed by atoms with E-state index in [0.29, 0.717) is 36.2 Å². The van der Waals surface area contributed by atoms with E-state index in [0.717, 1.165) is 28.7 Å². The number of carbonyl (C=O) groups excluding carboxylic acids is 2. The first-order valence-corrected chi connectivity index (χ1v) is 11.1. The summed E-state index contributed by atoms with van der Waals surface area (Å²) in [5.74, 6) is 0.241. The molecule has 172 valence electrons. The summed E-state index contributed by atoms with van der Waals surface area (Å²) < 4.78 is 0. The Kier molecular flexibility index (Phi) is 6.24. The summed E-state index contributed by atoms with van der Waals surface area (Å²) in [7, 11) is 3.24. The molecule has 1 atom stereocenters. The molecule has 1 aromatic heterocycles. The van der Waals surface area contributed by atoms with Crippen LogP contribution < -0.4 is 16.4 Å². The second kappa shape index (κ2) is 9.11. The Labute approximate surface area is 192 Å². The van der Waals surface area contributed by atoms with E-state index in [1.807, 2.05) is 36.4 Å². The van der Waals surface area contributed by atoms with Crippen LogP contribution in [0.4, 0.5) is 0 Å². The van der Waals surface area contributed by atoms with Gasteiger partial charge < -0.3 is 16.4 Å². The lowest BCUT2D eigenvalue weighted by molar-refractivity contribution is 0.0955. The molecule has 0 unspecified atom stereocenters. The summed E-state index contributed by atoms with van der Waals surface area (Å²) in [6, 6.07) is 11.4. The van der Waals surface area contributed by atoms with Crippen molar-refractivity contribution in [2.75, 3.05) is 14.1 Å². The number of aromatic nitrogens is 4. The van der Waals surface area contributed by atoms with E-state index in [-0.39, 0.29) is 17.9 Å². The highest BCUT2D eigenvalue weighted by molar-refractivity contribution is 5.95. The van der Waals surface area contributed by atoms with E-state index in [2.05, 4.69) is 38.2 Å². The SMILES string of the molecule is CC[C@@H](N)CC1(c2nn[nH]n2)c2ccc(C(=O)NC)cc2CCc2cc(C(=O)NC)ccc21. The van der Waals surface area contributed by atoms with Crippen LogP contribution in [0.15, 0.2) is 36.4 Å². The number of hydrogen-bond donors (Lipinski definition) is 4. The van der Waals surface area contributed by atoms with Crippen LogP contribution in [-0.4, -0.2) is 52.6 Å². The van der Waals surface area contributed by atoms with Crippen LogP contribution in [0.3, 0.4) is 0 Å². The van der Waals surface area contributed by atoms with Crippen LogP contribution in [0.25, 0.3) is 0 Å². The monoisotopic (exact) mass is 447 g/mol. The zero-order chi connectivity index (χ0) is 23.6. The van der Waals surface area contributed by atoms with E-state index in [4.69, 9.17) is 5.73 Å². The van der Waals surface area contributed by atoms with Crippen LogP contribution in [0.1, 0.15) is 68.6 Å². The molecule has 5 N–H and O–H groups in total. The minimum atomic E-state index is -0.772. The van der Waals surface area contributed by atoms with Crippen molar-refractivity contribution >= 4 is 11.8 Å². The Morgan fingerprint density at radius 2 is 1.58 bits per heavy atom. The fourth-order valence-electron chi connectivity index (χ4n) is 4.85. The zero-order valence-electron chi connectivity index (χ0n) is 19.1. The smallest absolute Gasteiger partial charge is 0.251 e. The molecule has 0 aliphatic heterocycles. The number of H-pyrrole nitrogens is 1. The molecule has 1 aliphatic carbocycles. The minimum Gasteiger partial charge on any atom is -0.355 e. The number of hydrogen-bond acceptors (Lipinski definition) is 6. The Hall–Kier alpha value is -3.59. The van der Waals surface area contributed by atoms with Gasteiger partial charge in [0.15, 0.2) is 5.82 Å². The summed E-state index contributed by atoms with van der Waals surface area (Å²) in [6.45, 7) is 2.05. The van der Waals surface area contributed by atoms with Gasteiger partial charge in [0.05, 0.1) is 5.41 Å². The molecule has 3 aromatic rings. The summed E-state index contributed by atoms with van der Waals surface area (Å²) in [6.07, 6.45) is 2.73. The van der Waals surface area contributed by atoms with Gasteiger partial charge in [0, 0.05) is 31.3 Å². The summed E-state index contributed by atoms with van der Waals surface area (Å²) in [5, 5.41) is 20.7. The highest BCUT2D eigenvalue weighted by Crippen LogP contribution is 2.46. The summed E-state index contributed by atoms with van der Waals surface area (Å²) in [4.78, 5) is 24.7. The zero-order valence-corrected chi connectivity index (χ0v) is 19.1. The van der Waals surface area contributed by atoms with Gasteiger partial charge in [-0.25, -0.2) is 0 Å². The molecule has 0 radical (unpaired) electrons. The third kappa shape index (κ3) is 3.89. The molecule has 1 heterocycles. The van der Waals surface area contributed by atoms with E-state index in [1.54, 1.807) is 14.1 Å². The minimum absolute atomic E-state index is 0.125. The molecule has 0 fully saturated rings. The largest absolute Gasteiger partial charge is 0.355 e. The first kappa shape index (κ1) is 22.6. The van der Waals surface area contributed by atoms with Crippen molar-refractivity contribution in [1.29, 1.82) is 0 Å². The van der Waals surface area contributed by atoms with Crippen LogP contribution in [0.2, 0.25) is 0 Å². The maximum atomic E-state index is 12.4. The average Bonchev–Trinajstić information content (AvgIpc) is 3.36. The highest BCUT2D eigenvalue weighted by Gasteiger charge is 2.45. The molecule has 0 bridgehead atoms. The quantitative estimate of drug-likeness (QED) is 0.451. The van der Waals surface area contributed by atoms with Gasteiger partial charge >= 0.3 is 0 Å². The lowest BCUT2D eigenvalue weighted by Crippen LogP contribution is -2.39. The molecule has 0 saturated carbocycles. The Morgan fingerprint density at radius 1 is 1.03 bits per heavy atom. The van der Waals surface area contributed by atoms with Gasteiger partial charge in [-0.1, -0.05) is 24.3 Å². The Morgan fingerprint density at radius 3 is 2.00 bits per heavy atom. The maximum absolute atomic E-state index is 12.4. The number of fused-ring (bicyclic) bond motifs is 2. The van der Waals surface area contributed by atoms with Crippen molar-refractivity contribution in [2.24, 2.45) is 5.73 Å². The van der Waals surface area contributed by atoms with Crippen molar-refractivity contribution in [3.63, 3.8) is 0 Å². The maximum Gasteiger partial charge on any atom is 0.251 e. The van der Waals surface area contributed by atoms with E-state index in [9.17, 15) is 9.59 Å². The molecule has 4 rings (SSSR count). The lowest BCUT2D eigenvalue weighted by atomic mass is 9.67.